The van der Waals surface area contributed by atoms with Gasteiger partial charge in [0.05, 0.1) is 0 Å². The van der Waals surface area contributed by atoms with Crippen LogP contribution in [0.2, 0.25) is 0 Å². The summed E-state index contributed by atoms with van der Waals surface area (Å²) in [6.45, 7) is 0.800. The first-order valence-corrected chi connectivity index (χ1v) is 6.84. The van der Waals surface area contributed by atoms with Crippen molar-refractivity contribution in [3.8, 4) is 5.75 Å². The van der Waals surface area contributed by atoms with Crippen LogP contribution in [0.4, 0.5) is 4.39 Å². The van der Waals surface area contributed by atoms with Gasteiger partial charge in [0.2, 0.25) is 0 Å². The van der Waals surface area contributed by atoms with Crippen LogP contribution in [-0.4, -0.2) is 6.54 Å². The fraction of sp³-hybridized carbons (Fsp3) is 0.200. The molecule has 0 aliphatic rings. The monoisotopic (exact) mass is 323 g/mol. The summed E-state index contributed by atoms with van der Waals surface area (Å²) in [4.78, 5) is 0. The third kappa shape index (κ3) is 3.78. The van der Waals surface area contributed by atoms with Gasteiger partial charge in [-0.05, 0) is 42.3 Å². The van der Waals surface area contributed by atoms with E-state index in [9.17, 15) is 4.39 Å². The summed E-state index contributed by atoms with van der Waals surface area (Å²) in [6.07, 6.45) is 0.603. The molecule has 0 spiro atoms. The third-order valence-electron chi connectivity index (χ3n) is 2.73. The van der Waals surface area contributed by atoms with E-state index in [0.29, 0.717) is 25.3 Å². The molecule has 2 N–H and O–H groups in total. The molecule has 0 aliphatic heterocycles. The van der Waals surface area contributed by atoms with Crippen molar-refractivity contribution < 1.29 is 9.13 Å². The van der Waals surface area contributed by atoms with E-state index in [2.05, 4.69) is 15.9 Å². The van der Waals surface area contributed by atoms with Gasteiger partial charge in [-0.2, -0.15) is 0 Å². The van der Waals surface area contributed by atoms with Gasteiger partial charge in [0.1, 0.15) is 6.61 Å². The Labute approximate surface area is 120 Å². The Balaban J connectivity index is 2.14. The summed E-state index contributed by atoms with van der Waals surface area (Å²) < 4.78 is 20.4. The lowest BCUT2D eigenvalue weighted by molar-refractivity contribution is 0.287. The fourth-order valence-corrected chi connectivity index (χ4v) is 2.30. The largest absolute Gasteiger partial charge is 0.486 e. The van der Waals surface area contributed by atoms with Crippen LogP contribution in [0.15, 0.2) is 46.9 Å². The minimum absolute atomic E-state index is 0.299. The van der Waals surface area contributed by atoms with Crippen LogP contribution in [0, 0.1) is 5.82 Å². The average molecular weight is 324 g/mol. The van der Waals surface area contributed by atoms with E-state index in [0.717, 1.165) is 15.6 Å². The fourth-order valence-electron chi connectivity index (χ4n) is 1.85. The van der Waals surface area contributed by atoms with Crippen molar-refractivity contribution in [3.63, 3.8) is 0 Å². The summed E-state index contributed by atoms with van der Waals surface area (Å²) in [6, 6.07) is 12.7. The number of benzene rings is 2. The lowest BCUT2D eigenvalue weighted by Crippen LogP contribution is -2.06. The molecule has 4 heteroatoms. The molecular formula is C15H15BrFNO. The second kappa shape index (κ2) is 6.68. The summed E-state index contributed by atoms with van der Waals surface area (Å²) in [5.74, 6) is -0.0473. The highest BCUT2D eigenvalue weighted by Crippen LogP contribution is 2.24. The Morgan fingerprint density at radius 3 is 2.68 bits per heavy atom. The van der Waals surface area contributed by atoms with Gasteiger partial charge in [0, 0.05) is 4.47 Å². The maximum Gasteiger partial charge on any atom is 0.165 e. The molecule has 0 aromatic heterocycles. The molecule has 0 amide bonds. The van der Waals surface area contributed by atoms with Gasteiger partial charge in [0.15, 0.2) is 11.6 Å². The second-order valence-electron chi connectivity index (χ2n) is 4.19. The standard InChI is InChI=1S/C15H15BrFNO/c16-13-5-1-3-11(9-13)10-19-15-12(7-8-18)4-2-6-14(15)17/h1-6,9H,7-8,10,18H2. The van der Waals surface area contributed by atoms with Gasteiger partial charge in [-0.1, -0.05) is 40.2 Å². The second-order valence-corrected chi connectivity index (χ2v) is 5.10. The van der Waals surface area contributed by atoms with Crippen LogP contribution >= 0.6 is 15.9 Å². The average Bonchev–Trinajstić information content (AvgIpc) is 2.38. The lowest BCUT2D eigenvalue weighted by Gasteiger charge is -2.12. The van der Waals surface area contributed by atoms with Crippen LogP contribution in [0.3, 0.4) is 0 Å². The van der Waals surface area contributed by atoms with E-state index in [1.165, 1.54) is 6.07 Å². The molecule has 100 valence electrons. The highest BCUT2D eigenvalue weighted by molar-refractivity contribution is 9.10. The van der Waals surface area contributed by atoms with E-state index < -0.39 is 0 Å². The summed E-state index contributed by atoms with van der Waals surface area (Å²) in [7, 11) is 0. The molecule has 0 heterocycles. The number of halogens is 2. The molecule has 0 bridgehead atoms. The quantitative estimate of drug-likeness (QED) is 0.911. The molecular weight excluding hydrogens is 309 g/mol. The predicted molar refractivity (Wildman–Crippen MR) is 77.6 cm³/mol. The molecule has 2 nitrogen and oxygen atoms in total. The van der Waals surface area contributed by atoms with E-state index in [1.54, 1.807) is 6.07 Å². The topological polar surface area (TPSA) is 35.2 Å². The molecule has 0 fully saturated rings. The number of hydrogen-bond acceptors (Lipinski definition) is 2. The molecule has 0 radical (unpaired) electrons. The Morgan fingerprint density at radius 1 is 1.16 bits per heavy atom. The molecule has 0 unspecified atom stereocenters. The maximum absolute atomic E-state index is 13.8. The molecule has 2 aromatic rings. The first-order chi connectivity index (χ1) is 9.20. The van der Waals surface area contributed by atoms with Crippen LogP contribution in [-0.2, 0) is 13.0 Å². The molecule has 0 aliphatic carbocycles. The highest BCUT2D eigenvalue weighted by Gasteiger charge is 2.09. The third-order valence-corrected chi connectivity index (χ3v) is 3.23. The van der Waals surface area contributed by atoms with Crippen molar-refractivity contribution in [1.82, 2.24) is 0 Å². The van der Waals surface area contributed by atoms with Gasteiger partial charge in [-0.15, -0.1) is 0 Å². The Bertz CT molecular complexity index is 560. The van der Waals surface area contributed by atoms with Gasteiger partial charge >= 0.3 is 0 Å². The van der Waals surface area contributed by atoms with Crippen molar-refractivity contribution in [1.29, 1.82) is 0 Å². The van der Waals surface area contributed by atoms with Crippen molar-refractivity contribution in [2.24, 2.45) is 5.73 Å². The molecule has 2 aromatic carbocycles. The maximum atomic E-state index is 13.8. The minimum Gasteiger partial charge on any atom is -0.486 e. The number of para-hydroxylation sites is 1. The van der Waals surface area contributed by atoms with Crippen LogP contribution < -0.4 is 10.5 Å². The van der Waals surface area contributed by atoms with Crippen molar-refractivity contribution in [2.45, 2.75) is 13.0 Å². The Morgan fingerprint density at radius 2 is 1.95 bits per heavy atom. The van der Waals surface area contributed by atoms with Gasteiger partial charge in [-0.3, -0.25) is 0 Å². The van der Waals surface area contributed by atoms with Gasteiger partial charge in [0.25, 0.3) is 0 Å². The molecule has 0 atom stereocenters. The van der Waals surface area contributed by atoms with E-state index in [1.807, 2.05) is 30.3 Å². The number of rotatable bonds is 5. The zero-order valence-electron chi connectivity index (χ0n) is 10.4. The predicted octanol–water partition coefficient (Wildman–Crippen LogP) is 3.67. The lowest BCUT2D eigenvalue weighted by atomic mass is 10.1. The molecule has 0 saturated carbocycles. The number of hydrogen-bond donors (Lipinski definition) is 1. The number of ether oxygens (including phenoxy) is 1. The van der Waals surface area contributed by atoms with E-state index >= 15 is 0 Å². The summed E-state index contributed by atoms with van der Waals surface area (Å²) in [5, 5.41) is 0. The SMILES string of the molecule is NCCc1cccc(F)c1OCc1cccc(Br)c1. The highest BCUT2D eigenvalue weighted by atomic mass is 79.9. The van der Waals surface area contributed by atoms with Gasteiger partial charge in [-0.25, -0.2) is 4.39 Å². The Kier molecular flexibility index (Phi) is 4.93. The zero-order valence-corrected chi connectivity index (χ0v) is 12.0. The summed E-state index contributed by atoms with van der Waals surface area (Å²) >= 11 is 3.40. The molecule has 2 rings (SSSR count). The normalized spacial score (nSPS) is 10.5. The first kappa shape index (κ1) is 14.0. The molecule has 0 saturated heterocycles. The zero-order chi connectivity index (χ0) is 13.7. The van der Waals surface area contributed by atoms with Gasteiger partial charge < -0.3 is 10.5 Å². The van der Waals surface area contributed by atoms with Crippen molar-refractivity contribution in [2.75, 3.05) is 6.54 Å². The van der Waals surface area contributed by atoms with Crippen LogP contribution in [0.1, 0.15) is 11.1 Å². The summed E-state index contributed by atoms with van der Waals surface area (Å²) in [5.41, 5.74) is 7.31. The van der Waals surface area contributed by atoms with Crippen LogP contribution in [0.25, 0.3) is 0 Å². The number of nitrogens with two attached hydrogens (primary N) is 1. The minimum atomic E-state index is -0.346. The van der Waals surface area contributed by atoms with E-state index in [-0.39, 0.29) is 5.82 Å². The smallest absolute Gasteiger partial charge is 0.165 e. The van der Waals surface area contributed by atoms with Crippen molar-refractivity contribution >= 4 is 15.9 Å². The van der Waals surface area contributed by atoms with Crippen LogP contribution in [0.5, 0.6) is 5.75 Å². The van der Waals surface area contributed by atoms with E-state index in [4.69, 9.17) is 10.5 Å². The molecule has 19 heavy (non-hydrogen) atoms. The Hall–Kier alpha value is -1.39. The first-order valence-electron chi connectivity index (χ1n) is 6.05. The van der Waals surface area contributed by atoms with Crippen molar-refractivity contribution in [3.05, 3.63) is 63.9 Å².